The van der Waals surface area contributed by atoms with Gasteiger partial charge in [-0.05, 0) is 62.7 Å². The lowest BCUT2D eigenvalue weighted by Gasteiger charge is -2.14. The van der Waals surface area contributed by atoms with Gasteiger partial charge in [-0.1, -0.05) is 35.9 Å². The van der Waals surface area contributed by atoms with Gasteiger partial charge in [0.1, 0.15) is 5.60 Å². The van der Waals surface area contributed by atoms with Gasteiger partial charge in [-0.3, -0.25) is 0 Å². The van der Waals surface area contributed by atoms with E-state index in [1.165, 1.54) is 17.6 Å². The van der Waals surface area contributed by atoms with Crippen LogP contribution in [0.4, 0.5) is 0 Å². The van der Waals surface area contributed by atoms with Crippen LogP contribution in [0.2, 0.25) is 5.02 Å². The minimum absolute atomic E-state index is 0.284. The standard InChI is InChI=1S/C24H23ClN2O3S2/c1-15-22(27(26-23(15)24(2,3)28)19-11-6-5-10-18(19)25)21-13-12-20(31-21)16-8-7-9-17(14-16)32(4,29)30/h5-14,28H,1-4H3. The molecule has 0 atom stereocenters. The number of thiophene rings is 1. The van der Waals surface area contributed by atoms with Crippen LogP contribution in [0.25, 0.3) is 26.7 Å². The van der Waals surface area contributed by atoms with Crippen molar-refractivity contribution >= 4 is 32.8 Å². The third-order valence-electron chi connectivity index (χ3n) is 5.17. The van der Waals surface area contributed by atoms with Crippen LogP contribution in [0.15, 0.2) is 65.6 Å². The van der Waals surface area contributed by atoms with Crippen LogP contribution in [0.5, 0.6) is 0 Å². The first kappa shape index (κ1) is 22.7. The Hall–Kier alpha value is -2.45. The van der Waals surface area contributed by atoms with Gasteiger partial charge in [0.15, 0.2) is 9.84 Å². The molecule has 8 heteroatoms. The molecule has 166 valence electrons. The topological polar surface area (TPSA) is 72.2 Å². The van der Waals surface area contributed by atoms with Gasteiger partial charge >= 0.3 is 0 Å². The van der Waals surface area contributed by atoms with Crippen molar-refractivity contribution in [1.29, 1.82) is 0 Å². The van der Waals surface area contributed by atoms with E-state index in [4.69, 9.17) is 16.7 Å². The lowest BCUT2D eigenvalue weighted by Crippen LogP contribution is -2.18. The van der Waals surface area contributed by atoms with E-state index < -0.39 is 15.4 Å². The van der Waals surface area contributed by atoms with Crippen molar-refractivity contribution in [3.05, 3.63) is 76.9 Å². The fourth-order valence-corrected chi connectivity index (χ4v) is 5.64. The Balaban J connectivity index is 1.90. The van der Waals surface area contributed by atoms with Gasteiger partial charge < -0.3 is 5.11 Å². The van der Waals surface area contributed by atoms with E-state index in [1.807, 2.05) is 43.3 Å². The molecule has 0 aliphatic heterocycles. The van der Waals surface area contributed by atoms with Gasteiger partial charge in [-0.15, -0.1) is 11.3 Å². The van der Waals surface area contributed by atoms with Crippen LogP contribution in [-0.4, -0.2) is 29.6 Å². The minimum Gasteiger partial charge on any atom is -0.384 e. The maximum atomic E-state index is 12.0. The molecule has 0 aliphatic rings. The summed E-state index contributed by atoms with van der Waals surface area (Å²) >= 11 is 8.01. The molecule has 2 heterocycles. The number of nitrogens with zero attached hydrogens (tertiary/aromatic N) is 2. The zero-order valence-electron chi connectivity index (χ0n) is 18.1. The molecule has 0 radical (unpaired) electrons. The summed E-state index contributed by atoms with van der Waals surface area (Å²) < 4.78 is 25.7. The lowest BCUT2D eigenvalue weighted by molar-refractivity contribution is 0.0728. The van der Waals surface area contributed by atoms with E-state index in [0.29, 0.717) is 10.7 Å². The highest BCUT2D eigenvalue weighted by molar-refractivity contribution is 7.90. The zero-order valence-corrected chi connectivity index (χ0v) is 20.5. The number of hydrogen-bond donors (Lipinski definition) is 1. The molecule has 32 heavy (non-hydrogen) atoms. The Morgan fingerprint density at radius 1 is 1.03 bits per heavy atom. The zero-order chi connectivity index (χ0) is 23.3. The van der Waals surface area contributed by atoms with E-state index in [0.717, 1.165) is 32.3 Å². The fourth-order valence-electron chi connectivity index (χ4n) is 3.66. The molecule has 0 spiro atoms. The number of rotatable bonds is 5. The molecular weight excluding hydrogens is 464 g/mol. The molecule has 2 aromatic carbocycles. The fraction of sp³-hybridized carbons (Fsp3) is 0.208. The number of hydrogen-bond acceptors (Lipinski definition) is 5. The summed E-state index contributed by atoms with van der Waals surface area (Å²) in [6, 6.07) is 18.3. The van der Waals surface area contributed by atoms with Crippen LogP contribution in [0.1, 0.15) is 25.1 Å². The summed E-state index contributed by atoms with van der Waals surface area (Å²) in [6.07, 6.45) is 1.20. The smallest absolute Gasteiger partial charge is 0.175 e. The molecule has 0 saturated heterocycles. The van der Waals surface area contributed by atoms with E-state index in [9.17, 15) is 13.5 Å². The molecule has 4 rings (SSSR count). The van der Waals surface area contributed by atoms with Gasteiger partial charge in [0.25, 0.3) is 0 Å². The van der Waals surface area contributed by atoms with Gasteiger partial charge in [0.05, 0.1) is 31.9 Å². The van der Waals surface area contributed by atoms with Gasteiger partial charge in [-0.25, -0.2) is 13.1 Å². The van der Waals surface area contributed by atoms with Crippen molar-refractivity contribution in [3.8, 4) is 26.7 Å². The quantitative estimate of drug-likeness (QED) is 0.383. The summed E-state index contributed by atoms with van der Waals surface area (Å²) in [6.45, 7) is 5.35. The second-order valence-corrected chi connectivity index (χ2v) is 11.7. The summed E-state index contributed by atoms with van der Waals surface area (Å²) in [5.74, 6) is 0. The van der Waals surface area contributed by atoms with Gasteiger partial charge in [-0.2, -0.15) is 5.10 Å². The Labute approximate surface area is 196 Å². The third kappa shape index (κ3) is 4.26. The Kier molecular flexibility index (Phi) is 5.79. The average Bonchev–Trinajstić information content (AvgIpc) is 3.32. The van der Waals surface area contributed by atoms with Crippen molar-refractivity contribution < 1.29 is 13.5 Å². The Morgan fingerprint density at radius 3 is 2.38 bits per heavy atom. The van der Waals surface area contributed by atoms with Crippen molar-refractivity contribution in [2.75, 3.05) is 6.26 Å². The average molecular weight is 487 g/mol. The highest BCUT2D eigenvalue weighted by Gasteiger charge is 2.28. The first-order valence-electron chi connectivity index (χ1n) is 9.95. The largest absolute Gasteiger partial charge is 0.384 e. The summed E-state index contributed by atoms with van der Waals surface area (Å²) in [5, 5.41) is 16.0. The van der Waals surface area contributed by atoms with E-state index >= 15 is 0 Å². The summed E-state index contributed by atoms with van der Waals surface area (Å²) in [5.41, 5.74) is 2.68. The maximum absolute atomic E-state index is 12.0. The summed E-state index contributed by atoms with van der Waals surface area (Å²) in [7, 11) is -3.30. The van der Waals surface area contributed by atoms with Crippen LogP contribution >= 0.6 is 22.9 Å². The Morgan fingerprint density at radius 2 is 1.72 bits per heavy atom. The molecule has 1 N–H and O–H groups in total. The van der Waals surface area contributed by atoms with E-state index in [1.54, 1.807) is 42.8 Å². The van der Waals surface area contributed by atoms with E-state index in [2.05, 4.69) is 0 Å². The highest BCUT2D eigenvalue weighted by Crippen LogP contribution is 2.40. The molecule has 4 aromatic rings. The van der Waals surface area contributed by atoms with Crippen LogP contribution in [-0.2, 0) is 15.4 Å². The molecule has 5 nitrogen and oxygen atoms in total. The van der Waals surface area contributed by atoms with Crippen molar-refractivity contribution in [1.82, 2.24) is 9.78 Å². The molecule has 0 saturated carbocycles. The van der Waals surface area contributed by atoms with Crippen molar-refractivity contribution in [3.63, 3.8) is 0 Å². The normalized spacial score (nSPS) is 12.3. The van der Waals surface area contributed by atoms with E-state index in [-0.39, 0.29) is 4.90 Å². The molecule has 0 unspecified atom stereocenters. The second kappa shape index (κ2) is 8.15. The SMILES string of the molecule is Cc1c(C(C)(C)O)nn(-c2ccccc2Cl)c1-c1ccc(-c2cccc(S(C)(=O)=O)c2)s1. The number of sulfone groups is 1. The number of para-hydroxylation sites is 1. The number of aliphatic hydroxyl groups is 1. The molecule has 0 aliphatic carbocycles. The number of halogens is 1. The first-order chi connectivity index (χ1) is 15.0. The summed E-state index contributed by atoms with van der Waals surface area (Å²) in [4.78, 5) is 2.15. The molecule has 0 fully saturated rings. The Bertz CT molecular complexity index is 1410. The molecule has 0 bridgehead atoms. The van der Waals surface area contributed by atoms with Gasteiger partial charge in [0, 0.05) is 16.7 Å². The van der Waals surface area contributed by atoms with Crippen LogP contribution in [0, 0.1) is 6.92 Å². The maximum Gasteiger partial charge on any atom is 0.175 e. The predicted molar refractivity (Wildman–Crippen MR) is 130 cm³/mol. The monoisotopic (exact) mass is 486 g/mol. The predicted octanol–water partition coefficient (Wildman–Crippen LogP) is 5.86. The lowest BCUT2D eigenvalue weighted by atomic mass is 10.0. The van der Waals surface area contributed by atoms with Crippen molar-refractivity contribution in [2.45, 2.75) is 31.3 Å². The third-order valence-corrected chi connectivity index (χ3v) is 7.74. The van der Waals surface area contributed by atoms with Gasteiger partial charge in [0.2, 0.25) is 0 Å². The molecule has 0 amide bonds. The number of aromatic nitrogens is 2. The van der Waals surface area contributed by atoms with Crippen LogP contribution < -0.4 is 0 Å². The molecular formula is C24H23ClN2O3S2. The second-order valence-electron chi connectivity index (χ2n) is 8.21. The first-order valence-corrected chi connectivity index (χ1v) is 13.0. The highest BCUT2D eigenvalue weighted by atomic mass is 35.5. The van der Waals surface area contributed by atoms with Crippen molar-refractivity contribution in [2.24, 2.45) is 0 Å². The molecule has 2 aromatic heterocycles. The number of benzene rings is 2. The van der Waals surface area contributed by atoms with Crippen LogP contribution in [0.3, 0.4) is 0 Å². The minimum atomic E-state index is -3.30.